The van der Waals surface area contributed by atoms with Gasteiger partial charge in [0.1, 0.15) is 0 Å². The average molecular weight is 254 g/mol. The highest BCUT2D eigenvalue weighted by Crippen LogP contribution is 2.34. The highest BCUT2D eigenvalue weighted by Gasteiger charge is 2.13. The molecule has 0 radical (unpaired) electrons. The topological polar surface area (TPSA) is 68.0 Å². The number of benzene rings is 1. The maximum Gasteiger partial charge on any atom is 0.162 e. The first-order valence-electron chi connectivity index (χ1n) is 5.83. The van der Waals surface area contributed by atoms with Crippen LogP contribution in [-0.2, 0) is 0 Å². The van der Waals surface area contributed by atoms with Gasteiger partial charge in [0.05, 0.1) is 20.8 Å². The molecule has 0 saturated heterocycles. The van der Waals surface area contributed by atoms with E-state index in [4.69, 9.17) is 20.3 Å². The van der Waals surface area contributed by atoms with Gasteiger partial charge in [0.15, 0.2) is 11.5 Å². The molecule has 0 saturated carbocycles. The monoisotopic (exact) mass is 254 g/mol. The highest BCUT2D eigenvalue weighted by atomic mass is 16.5. The van der Waals surface area contributed by atoms with Crippen LogP contribution in [0.4, 0.5) is 5.69 Å². The van der Waals surface area contributed by atoms with Gasteiger partial charge in [-0.2, -0.15) is 0 Å². The first-order valence-corrected chi connectivity index (χ1v) is 5.83. The SMILES string of the molecule is COc1cc(C)c(N(C)CC(N)CO)cc1OC. The van der Waals surface area contributed by atoms with Gasteiger partial charge in [-0.15, -0.1) is 0 Å². The summed E-state index contributed by atoms with van der Waals surface area (Å²) >= 11 is 0. The lowest BCUT2D eigenvalue weighted by atomic mass is 10.1. The molecule has 0 aromatic heterocycles. The summed E-state index contributed by atoms with van der Waals surface area (Å²) in [6.45, 7) is 2.54. The molecule has 0 heterocycles. The zero-order valence-corrected chi connectivity index (χ0v) is 11.4. The molecule has 18 heavy (non-hydrogen) atoms. The minimum atomic E-state index is -0.262. The third-order valence-corrected chi connectivity index (χ3v) is 2.86. The van der Waals surface area contributed by atoms with Crippen molar-refractivity contribution in [3.05, 3.63) is 17.7 Å². The van der Waals surface area contributed by atoms with Crippen molar-refractivity contribution in [2.75, 3.05) is 39.3 Å². The molecule has 0 bridgehead atoms. The Balaban J connectivity index is 3.01. The van der Waals surface area contributed by atoms with Crippen LogP contribution in [0.25, 0.3) is 0 Å². The van der Waals surface area contributed by atoms with Crippen molar-refractivity contribution in [1.29, 1.82) is 0 Å². The molecular weight excluding hydrogens is 232 g/mol. The van der Waals surface area contributed by atoms with E-state index in [2.05, 4.69) is 0 Å². The van der Waals surface area contributed by atoms with Gasteiger partial charge in [-0.25, -0.2) is 0 Å². The molecule has 3 N–H and O–H groups in total. The van der Waals surface area contributed by atoms with Crippen LogP contribution in [0.15, 0.2) is 12.1 Å². The molecular formula is C13H22N2O3. The van der Waals surface area contributed by atoms with E-state index in [-0.39, 0.29) is 12.6 Å². The predicted octanol–water partition coefficient (Wildman–Crippen LogP) is 0.768. The number of nitrogens with zero attached hydrogens (tertiary/aromatic N) is 1. The van der Waals surface area contributed by atoms with Crippen LogP contribution in [-0.4, -0.2) is 45.6 Å². The Morgan fingerprint density at radius 2 is 1.83 bits per heavy atom. The van der Waals surface area contributed by atoms with Gasteiger partial charge in [0, 0.05) is 31.4 Å². The van der Waals surface area contributed by atoms with E-state index in [0.29, 0.717) is 18.0 Å². The zero-order chi connectivity index (χ0) is 13.7. The summed E-state index contributed by atoms with van der Waals surface area (Å²) < 4.78 is 10.5. The van der Waals surface area contributed by atoms with Crippen molar-refractivity contribution in [2.24, 2.45) is 5.73 Å². The van der Waals surface area contributed by atoms with E-state index in [1.54, 1.807) is 14.2 Å². The number of aliphatic hydroxyl groups excluding tert-OH is 1. The molecule has 1 aromatic carbocycles. The molecule has 1 atom stereocenters. The molecule has 1 rings (SSSR count). The summed E-state index contributed by atoms with van der Waals surface area (Å²) in [4.78, 5) is 2.00. The predicted molar refractivity (Wildman–Crippen MR) is 72.6 cm³/mol. The van der Waals surface area contributed by atoms with Crippen molar-refractivity contribution < 1.29 is 14.6 Å². The average Bonchev–Trinajstić information content (AvgIpc) is 2.37. The number of ether oxygens (including phenoxy) is 2. The summed E-state index contributed by atoms with van der Waals surface area (Å²) in [5.41, 5.74) is 7.82. The Kier molecular flexibility index (Phi) is 5.25. The quantitative estimate of drug-likeness (QED) is 0.785. The molecule has 5 nitrogen and oxygen atoms in total. The molecule has 102 valence electrons. The summed E-state index contributed by atoms with van der Waals surface area (Å²) in [6.07, 6.45) is 0. The van der Waals surface area contributed by atoms with E-state index >= 15 is 0 Å². The van der Waals surface area contributed by atoms with Crippen LogP contribution in [0.2, 0.25) is 0 Å². The second kappa shape index (κ2) is 6.47. The molecule has 1 aromatic rings. The lowest BCUT2D eigenvalue weighted by Gasteiger charge is -2.25. The lowest BCUT2D eigenvalue weighted by molar-refractivity contribution is 0.267. The molecule has 0 amide bonds. The van der Waals surface area contributed by atoms with Crippen molar-refractivity contribution in [3.8, 4) is 11.5 Å². The van der Waals surface area contributed by atoms with Gasteiger partial charge >= 0.3 is 0 Å². The minimum Gasteiger partial charge on any atom is -0.493 e. The van der Waals surface area contributed by atoms with Crippen LogP contribution < -0.4 is 20.1 Å². The van der Waals surface area contributed by atoms with Gasteiger partial charge in [-0.3, -0.25) is 0 Å². The lowest BCUT2D eigenvalue weighted by Crippen LogP contribution is -2.38. The molecule has 0 aliphatic carbocycles. The Hall–Kier alpha value is -1.46. The number of methoxy groups -OCH3 is 2. The molecule has 0 fully saturated rings. The number of anilines is 1. The minimum absolute atomic E-state index is 0.0311. The number of hydrogen-bond acceptors (Lipinski definition) is 5. The fourth-order valence-electron chi connectivity index (χ4n) is 1.89. The number of rotatable bonds is 6. The third-order valence-electron chi connectivity index (χ3n) is 2.86. The fraction of sp³-hybridized carbons (Fsp3) is 0.538. The molecule has 0 aliphatic heterocycles. The van der Waals surface area contributed by atoms with Crippen LogP contribution in [0.5, 0.6) is 11.5 Å². The summed E-state index contributed by atoms with van der Waals surface area (Å²) in [6, 6.07) is 3.58. The van der Waals surface area contributed by atoms with E-state index in [0.717, 1.165) is 11.3 Å². The van der Waals surface area contributed by atoms with Crippen molar-refractivity contribution in [1.82, 2.24) is 0 Å². The Labute approximate surface area is 108 Å². The van der Waals surface area contributed by atoms with Gasteiger partial charge in [0.25, 0.3) is 0 Å². The fourth-order valence-corrected chi connectivity index (χ4v) is 1.89. The first-order chi connectivity index (χ1) is 8.53. The summed E-state index contributed by atoms with van der Waals surface area (Å²) in [7, 11) is 5.16. The smallest absolute Gasteiger partial charge is 0.162 e. The third kappa shape index (κ3) is 3.27. The summed E-state index contributed by atoms with van der Waals surface area (Å²) in [5.74, 6) is 1.39. The van der Waals surface area contributed by atoms with E-state index in [9.17, 15) is 0 Å². The maximum absolute atomic E-state index is 8.99. The van der Waals surface area contributed by atoms with Crippen molar-refractivity contribution in [3.63, 3.8) is 0 Å². The van der Waals surface area contributed by atoms with Crippen molar-refractivity contribution in [2.45, 2.75) is 13.0 Å². The standard InChI is InChI=1S/C13H22N2O3/c1-9-5-12(17-3)13(18-4)6-11(9)15(2)7-10(14)8-16/h5-6,10,16H,7-8,14H2,1-4H3. The van der Waals surface area contributed by atoms with E-state index in [1.807, 2.05) is 31.0 Å². The number of hydrogen-bond donors (Lipinski definition) is 2. The molecule has 0 spiro atoms. The second-order valence-electron chi connectivity index (χ2n) is 4.32. The van der Waals surface area contributed by atoms with Gasteiger partial charge in [-0.1, -0.05) is 0 Å². The normalized spacial score (nSPS) is 12.1. The number of aryl methyl sites for hydroxylation is 1. The Morgan fingerprint density at radius 1 is 1.28 bits per heavy atom. The Morgan fingerprint density at radius 3 is 2.33 bits per heavy atom. The number of nitrogens with two attached hydrogens (primary N) is 1. The second-order valence-corrected chi connectivity index (χ2v) is 4.32. The summed E-state index contributed by atoms with van der Waals surface area (Å²) in [5, 5.41) is 8.99. The maximum atomic E-state index is 8.99. The number of aliphatic hydroxyl groups is 1. The van der Waals surface area contributed by atoms with E-state index < -0.39 is 0 Å². The van der Waals surface area contributed by atoms with Crippen LogP contribution in [0, 0.1) is 6.92 Å². The first kappa shape index (κ1) is 14.6. The van der Waals surface area contributed by atoms with Crippen LogP contribution in [0.3, 0.4) is 0 Å². The van der Waals surface area contributed by atoms with Crippen molar-refractivity contribution >= 4 is 5.69 Å². The highest BCUT2D eigenvalue weighted by molar-refractivity contribution is 5.61. The molecule has 5 heteroatoms. The van der Waals surface area contributed by atoms with Gasteiger partial charge in [0.2, 0.25) is 0 Å². The van der Waals surface area contributed by atoms with Crippen LogP contribution >= 0.6 is 0 Å². The van der Waals surface area contributed by atoms with Crippen LogP contribution in [0.1, 0.15) is 5.56 Å². The number of likely N-dealkylation sites (N-methyl/N-ethyl adjacent to an activating group) is 1. The van der Waals surface area contributed by atoms with Gasteiger partial charge < -0.3 is 25.2 Å². The largest absolute Gasteiger partial charge is 0.493 e. The van der Waals surface area contributed by atoms with E-state index in [1.165, 1.54) is 0 Å². The van der Waals surface area contributed by atoms with Gasteiger partial charge in [-0.05, 0) is 18.6 Å². The zero-order valence-electron chi connectivity index (χ0n) is 11.4. The molecule has 0 aliphatic rings. The Bertz CT molecular complexity index is 396. The molecule has 1 unspecified atom stereocenters.